The molecule has 1 aromatic heterocycles. The van der Waals surface area contributed by atoms with E-state index in [9.17, 15) is 0 Å². The molecule has 9 heavy (non-hydrogen) atoms. The molecule has 0 unspecified atom stereocenters. The van der Waals surface area contributed by atoms with Crippen molar-refractivity contribution in [3.63, 3.8) is 0 Å². The van der Waals surface area contributed by atoms with Gasteiger partial charge >= 0.3 is 0 Å². The van der Waals surface area contributed by atoms with Gasteiger partial charge in [0.1, 0.15) is 6.26 Å². The van der Waals surface area contributed by atoms with Gasteiger partial charge in [0.05, 0.1) is 5.69 Å². The van der Waals surface area contributed by atoms with E-state index < -0.39 is 0 Å². The van der Waals surface area contributed by atoms with Gasteiger partial charge in [0.2, 0.25) is 0 Å². The molecule has 0 radical (unpaired) electrons. The van der Waals surface area contributed by atoms with Crippen LogP contribution in [0.5, 0.6) is 0 Å². The second-order valence-electron chi connectivity index (χ2n) is 1.85. The van der Waals surface area contributed by atoms with E-state index in [-0.39, 0.29) is 0 Å². The van der Waals surface area contributed by atoms with Gasteiger partial charge in [-0.25, -0.2) is 0 Å². The fourth-order valence-electron chi connectivity index (χ4n) is 0.273. The maximum absolute atomic E-state index is 4.46. The van der Waals surface area contributed by atoms with Gasteiger partial charge in [0.15, 0.2) is 0 Å². The standard InChI is InChI=1S/C4H5NO.C3H8/c1-4-2-3-6-5-4;1-3-2/h2-3H,1H3;3H2,1-2H3. The highest BCUT2D eigenvalue weighted by atomic mass is 16.5. The Morgan fingerprint density at radius 2 is 2.11 bits per heavy atom. The molecule has 0 aromatic carbocycles. The summed E-state index contributed by atoms with van der Waals surface area (Å²) in [4.78, 5) is 0. The van der Waals surface area contributed by atoms with Gasteiger partial charge in [0, 0.05) is 6.07 Å². The number of hydrogen-bond donors (Lipinski definition) is 0. The first-order valence-electron chi connectivity index (χ1n) is 3.18. The normalized spacial score (nSPS) is 7.89. The maximum atomic E-state index is 4.46. The molecule has 0 aliphatic rings. The van der Waals surface area contributed by atoms with Crippen LogP contribution in [0.4, 0.5) is 0 Å². The Kier molecular flexibility index (Phi) is 4.88. The molecule has 0 saturated carbocycles. The van der Waals surface area contributed by atoms with Crippen molar-refractivity contribution in [3.8, 4) is 0 Å². The summed E-state index contributed by atoms with van der Waals surface area (Å²) >= 11 is 0. The zero-order chi connectivity index (χ0) is 7.11. The Morgan fingerprint density at radius 1 is 1.56 bits per heavy atom. The molecule has 2 nitrogen and oxygen atoms in total. The average Bonchev–Trinajstić information content (AvgIpc) is 2.20. The summed E-state index contributed by atoms with van der Waals surface area (Å²) < 4.78 is 4.46. The lowest BCUT2D eigenvalue weighted by Crippen LogP contribution is -1.59. The van der Waals surface area contributed by atoms with Crippen LogP contribution in [0, 0.1) is 6.92 Å². The summed E-state index contributed by atoms with van der Waals surface area (Å²) in [7, 11) is 0. The minimum absolute atomic E-state index is 0.926. The van der Waals surface area contributed by atoms with E-state index in [2.05, 4.69) is 23.5 Å². The van der Waals surface area contributed by atoms with Gasteiger partial charge < -0.3 is 4.52 Å². The quantitative estimate of drug-likeness (QED) is 0.534. The maximum Gasteiger partial charge on any atom is 0.124 e. The third-order valence-corrected chi connectivity index (χ3v) is 0.567. The van der Waals surface area contributed by atoms with E-state index in [0.717, 1.165) is 5.69 Å². The lowest BCUT2D eigenvalue weighted by atomic mass is 10.5. The van der Waals surface area contributed by atoms with Crippen molar-refractivity contribution in [3.05, 3.63) is 18.0 Å². The summed E-state index contributed by atoms with van der Waals surface area (Å²) in [6.45, 7) is 6.13. The van der Waals surface area contributed by atoms with Crippen LogP contribution >= 0.6 is 0 Å². The van der Waals surface area contributed by atoms with Crippen molar-refractivity contribution in [1.29, 1.82) is 0 Å². The van der Waals surface area contributed by atoms with E-state index in [4.69, 9.17) is 0 Å². The summed E-state index contributed by atoms with van der Waals surface area (Å²) in [5.74, 6) is 0. The second-order valence-corrected chi connectivity index (χ2v) is 1.85. The van der Waals surface area contributed by atoms with Gasteiger partial charge in [-0.3, -0.25) is 0 Å². The lowest BCUT2D eigenvalue weighted by molar-refractivity contribution is 0.415. The molecule has 0 bridgehead atoms. The number of aryl methyl sites for hydroxylation is 1. The van der Waals surface area contributed by atoms with Crippen LogP contribution in [0.3, 0.4) is 0 Å². The average molecular weight is 127 g/mol. The Labute approximate surface area is 55.9 Å². The number of hydrogen-bond acceptors (Lipinski definition) is 2. The van der Waals surface area contributed by atoms with Crippen molar-refractivity contribution in [2.45, 2.75) is 27.2 Å². The zero-order valence-corrected chi connectivity index (χ0v) is 6.22. The molecule has 1 heterocycles. The Bertz CT molecular complexity index is 123. The minimum Gasteiger partial charge on any atom is -0.365 e. The summed E-state index contributed by atoms with van der Waals surface area (Å²) in [5.41, 5.74) is 0.926. The van der Waals surface area contributed by atoms with Crippen molar-refractivity contribution in [1.82, 2.24) is 5.16 Å². The fraction of sp³-hybridized carbons (Fsp3) is 0.571. The summed E-state index contributed by atoms with van der Waals surface area (Å²) in [6.07, 6.45) is 2.80. The highest BCUT2D eigenvalue weighted by Crippen LogP contribution is 1.86. The smallest absolute Gasteiger partial charge is 0.124 e. The molecule has 0 atom stereocenters. The van der Waals surface area contributed by atoms with Crippen LogP contribution in [-0.4, -0.2) is 5.16 Å². The minimum atomic E-state index is 0.926. The van der Waals surface area contributed by atoms with Gasteiger partial charge in [-0.15, -0.1) is 0 Å². The van der Waals surface area contributed by atoms with Crippen molar-refractivity contribution in [2.75, 3.05) is 0 Å². The Morgan fingerprint density at radius 3 is 2.22 bits per heavy atom. The second kappa shape index (κ2) is 5.35. The molecule has 0 aliphatic heterocycles. The van der Waals surface area contributed by atoms with Gasteiger partial charge in [0.25, 0.3) is 0 Å². The van der Waals surface area contributed by atoms with Gasteiger partial charge in [-0.05, 0) is 6.92 Å². The van der Waals surface area contributed by atoms with E-state index in [1.165, 1.54) is 6.42 Å². The van der Waals surface area contributed by atoms with Gasteiger partial charge in [-0.2, -0.15) is 0 Å². The molecular weight excluding hydrogens is 114 g/mol. The topological polar surface area (TPSA) is 26.0 Å². The van der Waals surface area contributed by atoms with Crippen LogP contribution < -0.4 is 0 Å². The Hall–Kier alpha value is -0.790. The predicted octanol–water partition coefficient (Wildman–Crippen LogP) is 2.40. The van der Waals surface area contributed by atoms with Gasteiger partial charge in [-0.1, -0.05) is 25.4 Å². The van der Waals surface area contributed by atoms with Crippen LogP contribution in [-0.2, 0) is 0 Å². The number of nitrogens with zero attached hydrogens (tertiary/aromatic N) is 1. The highest BCUT2D eigenvalue weighted by molar-refractivity contribution is 4.89. The van der Waals surface area contributed by atoms with Crippen LogP contribution in [0.1, 0.15) is 26.0 Å². The van der Waals surface area contributed by atoms with E-state index in [1.807, 2.05) is 6.92 Å². The summed E-state index contributed by atoms with van der Waals surface area (Å²) in [5, 5.41) is 3.54. The van der Waals surface area contributed by atoms with E-state index in [0.29, 0.717) is 0 Å². The van der Waals surface area contributed by atoms with Crippen LogP contribution in [0.15, 0.2) is 16.9 Å². The largest absolute Gasteiger partial charge is 0.365 e. The lowest BCUT2D eigenvalue weighted by Gasteiger charge is -1.62. The van der Waals surface area contributed by atoms with Crippen molar-refractivity contribution < 1.29 is 4.52 Å². The molecule has 0 fully saturated rings. The molecule has 2 heteroatoms. The first kappa shape index (κ1) is 8.21. The van der Waals surface area contributed by atoms with Crippen molar-refractivity contribution in [2.24, 2.45) is 0 Å². The summed E-state index contributed by atoms with van der Waals surface area (Å²) in [6, 6.07) is 1.81. The molecule has 1 aromatic rings. The zero-order valence-electron chi connectivity index (χ0n) is 6.22. The molecule has 0 spiro atoms. The third kappa shape index (κ3) is 5.07. The SMILES string of the molecule is CCC.Cc1ccon1. The molecular formula is C7H13NO. The first-order chi connectivity index (χ1) is 4.31. The number of rotatable bonds is 0. The third-order valence-electron chi connectivity index (χ3n) is 0.567. The molecule has 1 rings (SSSR count). The van der Waals surface area contributed by atoms with E-state index in [1.54, 1.807) is 12.3 Å². The monoisotopic (exact) mass is 127 g/mol. The predicted molar refractivity (Wildman–Crippen MR) is 37.2 cm³/mol. The fourth-order valence-corrected chi connectivity index (χ4v) is 0.273. The number of aromatic nitrogens is 1. The van der Waals surface area contributed by atoms with Crippen LogP contribution in [0.2, 0.25) is 0 Å². The van der Waals surface area contributed by atoms with Crippen molar-refractivity contribution >= 4 is 0 Å². The van der Waals surface area contributed by atoms with Crippen LogP contribution in [0.25, 0.3) is 0 Å². The molecule has 0 saturated heterocycles. The molecule has 0 amide bonds. The van der Waals surface area contributed by atoms with E-state index >= 15 is 0 Å². The highest BCUT2D eigenvalue weighted by Gasteiger charge is 1.77. The molecule has 0 aliphatic carbocycles. The molecule has 52 valence electrons. The molecule has 0 N–H and O–H groups in total. The first-order valence-corrected chi connectivity index (χ1v) is 3.18. The Balaban J connectivity index is 0.000000187.